The lowest BCUT2D eigenvalue weighted by molar-refractivity contribution is 0.199. The second-order valence-corrected chi connectivity index (χ2v) is 5.77. The Bertz CT molecular complexity index is 207. The van der Waals surface area contributed by atoms with Crippen LogP contribution in [0, 0.1) is 10.8 Å². The molecule has 0 aliphatic rings. The van der Waals surface area contributed by atoms with Crippen LogP contribution in [0.5, 0.6) is 0 Å². The fraction of sp³-hybridized carbons (Fsp3) is 0.846. The largest absolute Gasteiger partial charge is 0.392 e. The normalized spacial score (nSPS) is 12.9. The molecular formula is C13H27NO. The van der Waals surface area contributed by atoms with E-state index in [1.165, 1.54) is 0 Å². The van der Waals surface area contributed by atoms with Crippen LogP contribution in [0.15, 0.2) is 12.2 Å². The molecule has 0 aliphatic carbocycles. The number of nitrogens with one attached hydrogen (secondary N) is 1. The molecule has 15 heavy (non-hydrogen) atoms. The monoisotopic (exact) mass is 213 g/mol. The van der Waals surface area contributed by atoms with Crippen LogP contribution in [0.1, 0.15) is 41.0 Å². The molecule has 0 amide bonds. The molecule has 0 atom stereocenters. The maximum absolute atomic E-state index is 9.13. The summed E-state index contributed by atoms with van der Waals surface area (Å²) in [5.74, 6) is 0. The molecule has 0 bridgehead atoms. The minimum Gasteiger partial charge on any atom is -0.392 e. The Hall–Kier alpha value is -0.340. The Kier molecular flexibility index (Phi) is 5.54. The van der Waals surface area contributed by atoms with Crippen LogP contribution in [0.4, 0.5) is 0 Å². The summed E-state index contributed by atoms with van der Waals surface area (Å²) in [6.45, 7) is 17.0. The number of aliphatic hydroxyl groups is 1. The van der Waals surface area contributed by atoms with Crippen LogP contribution < -0.4 is 5.32 Å². The summed E-state index contributed by atoms with van der Waals surface area (Å²) in [5.41, 5.74) is 1.16. The van der Waals surface area contributed by atoms with Crippen molar-refractivity contribution < 1.29 is 5.11 Å². The van der Waals surface area contributed by atoms with Gasteiger partial charge in [-0.1, -0.05) is 41.2 Å². The van der Waals surface area contributed by atoms with E-state index in [0.29, 0.717) is 0 Å². The maximum Gasteiger partial charge on any atom is 0.0644 e. The second-order valence-electron chi connectivity index (χ2n) is 5.77. The van der Waals surface area contributed by atoms with Gasteiger partial charge in [0.2, 0.25) is 0 Å². The summed E-state index contributed by atoms with van der Waals surface area (Å²) in [4.78, 5) is 0. The van der Waals surface area contributed by atoms with E-state index < -0.39 is 0 Å². The highest BCUT2D eigenvalue weighted by Crippen LogP contribution is 2.37. The molecular weight excluding hydrogens is 186 g/mol. The van der Waals surface area contributed by atoms with E-state index in [-0.39, 0.29) is 17.4 Å². The highest BCUT2D eigenvalue weighted by Gasteiger charge is 2.30. The molecule has 0 aliphatic heterocycles. The van der Waals surface area contributed by atoms with Gasteiger partial charge in [0.15, 0.2) is 0 Å². The maximum atomic E-state index is 9.13. The van der Waals surface area contributed by atoms with Gasteiger partial charge in [-0.15, -0.1) is 0 Å². The van der Waals surface area contributed by atoms with Crippen molar-refractivity contribution in [3.8, 4) is 0 Å². The van der Waals surface area contributed by atoms with Gasteiger partial charge in [0.25, 0.3) is 0 Å². The molecule has 0 saturated carbocycles. The van der Waals surface area contributed by atoms with Crippen molar-refractivity contribution >= 4 is 0 Å². The molecule has 0 fully saturated rings. The lowest BCUT2D eigenvalue weighted by atomic mass is 9.71. The summed E-state index contributed by atoms with van der Waals surface area (Å²) in [6, 6.07) is 0. The van der Waals surface area contributed by atoms with Crippen molar-refractivity contribution in [3.63, 3.8) is 0 Å². The third kappa shape index (κ3) is 5.33. The van der Waals surface area contributed by atoms with E-state index in [1.54, 1.807) is 0 Å². The molecule has 0 rings (SSSR count). The van der Waals surface area contributed by atoms with Crippen LogP contribution in [-0.2, 0) is 0 Å². The molecule has 0 spiro atoms. The van der Waals surface area contributed by atoms with Crippen molar-refractivity contribution in [2.45, 2.75) is 41.0 Å². The van der Waals surface area contributed by atoms with Gasteiger partial charge in [-0.3, -0.25) is 0 Å². The Balaban J connectivity index is 4.35. The highest BCUT2D eigenvalue weighted by molar-refractivity contribution is 5.08. The Morgan fingerprint density at radius 3 is 2.20 bits per heavy atom. The summed E-state index contributed by atoms with van der Waals surface area (Å²) in [6.07, 6.45) is 1.03. The van der Waals surface area contributed by atoms with Gasteiger partial charge in [-0.25, -0.2) is 0 Å². The van der Waals surface area contributed by atoms with E-state index in [2.05, 4.69) is 46.5 Å². The van der Waals surface area contributed by atoms with E-state index in [4.69, 9.17) is 5.11 Å². The molecule has 2 N–H and O–H groups in total. The standard InChI is InChI=1S/C13H27NO/c1-7-14-10-12(3,4)9-13(5,6)11(2)8-15/h14-15H,2,7-10H2,1,3-6H3. The van der Waals surface area contributed by atoms with Crippen LogP contribution in [-0.4, -0.2) is 24.8 Å². The zero-order chi connectivity index (χ0) is 12.1. The Labute approximate surface area is 94.8 Å². The average molecular weight is 213 g/mol. The van der Waals surface area contributed by atoms with Crippen molar-refractivity contribution in [2.75, 3.05) is 19.7 Å². The molecule has 0 saturated heterocycles. The van der Waals surface area contributed by atoms with Crippen LogP contribution >= 0.6 is 0 Å². The fourth-order valence-electron chi connectivity index (χ4n) is 2.06. The molecule has 0 radical (unpaired) electrons. The topological polar surface area (TPSA) is 32.3 Å². The minimum absolute atomic E-state index is 0.00761. The van der Waals surface area contributed by atoms with Crippen molar-refractivity contribution in [1.29, 1.82) is 0 Å². The molecule has 2 nitrogen and oxygen atoms in total. The first kappa shape index (κ1) is 14.7. The minimum atomic E-state index is 0.00761. The van der Waals surface area contributed by atoms with Crippen molar-refractivity contribution in [2.24, 2.45) is 10.8 Å². The molecule has 0 aromatic carbocycles. The van der Waals surface area contributed by atoms with Crippen LogP contribution in [0.25, 0.3) is 0 Å². The molecule has 0 aromatic heterocycles. The van der Waals surface area contributed by atoms with E-state index in [9.17, 15) is 0 Å². The first-order valence-corrected chi connectivity index (χ1v) is 5.75. The van der Waals surface area contributed by atoms with Crippen molar-refractivity contribution in [3.05, 3.63) is 12.2 Å². The summed E-state index contributed by atoms with van der Waals surface area (Å²) < 4.78 is 0. The smallest absolute Gasteiger partial charge is 0.0644 e. The SMILES string of the molecule is C=C(CO)C(C)(C)CC(C)(C)CNCC. The first-order valence-electron chi connectivity index (χ1n) is 5.75. The van der Waals surface area contributed by atoms with Crippen LogP contribution in [0.3, 0.4) is 0 Å². The molecule has 0 unspecified atom stereocenters. The number of hydrogen-bond acceptors (Lipinski definition) is 2. The fourth-order valence-corrected chi connectivity index (χ4v) is 2.06. The van der Waals surface area contributed by atoms with E-state index in [1.807, 2.05) is 0 Å². The third-order valence-corrected chi connectivity index (χ3v) is 2.92. The van der Waals surface area contributed by atoms with Gasteiger partial charge in [0, 0.05) is 6.54 Å². The predicted molar refractivity (Wildman–Crippen MR) is 66.9 cm³/mol. The number of hydrogen-bond donors (Lipinski definition) is 2. The Morgan fingerprint density at radius 1 is 1.27 bits per heavy atom. The highest BCUT2D eigenvalue weighted by atomic mass is 16.3. The predicted octanol–water partition coefficient (Wildman–Crippen LogP) is 2.59. The molecule has 0 aromatic rings. The summed E-state index contributed by atoms with van der Waals surface area (Å²) >= 11 is 0. The molecule has 90 valence electrons. The second kappa shape index (κ2) is 5.66. The van der Waals surface area contributed by atoms with E-state index >= 15 is 0 Å². The average Bonchev–Trinajstić information content (AvgIpc) is 2.11. The van der Waals surface area contributed by atoms with Gasteiger partial charge in [0.05, 0.1) is 6.61 Å². The van der Waals surface area contributed by atoms with Crippen LogP contribution in [0.2, 0.25) is 0 Å². The molecule has 0 heterocycles. The summed E-state index contributed by atoms with van der Waals surface area (Å²) in [7, 11) is 0. The van der Waals surface area contributed by atoms with Gasteiger partial charge in [-0.05, 0) is 29.4 Å². The summed E-state index contributed by atoms with van der Waals surface area (Å²) in [5, 5.41) is 12.5. The van der Waals surface area contributed by atoms with Gasteiger partial charge in [0.1, 0.15) is 0 Å². The van der Waals surface area contributed by atoms with Gasteiger partial charge >= 0.3 is 0 Å². The number of aliphatic hydroxyl groups excluding tert-OH is 1. The van der Waals surface area contributed by atoms with Gasteiger partial charge < -0.3 is 10.4 Å². The molecule has 2 heteroatoms. The van der Waals surface area contributed by atoms with E-state index in [0.717, 1.165) is 25.1 Å². The zero-order valence-electron chi connectivity index (χ0n) is 11.0. The third-order valence-electron chi connectivity index (χ3n) is 2.92. The quantitative estimate of drug-likeness (QED) is 0.637. The lowest BCUT2D eigenvalue weighted by Crippen LogP contribution is -2.34. The Morgan fingerprint density at radius 2 is 1.80 bits per heavy atom. The number of rotatable bonds is 7. The van der Waals surface area contributed by atoms with Crippen molar-refractivity contribution in [1.82, 2.24) is 5.32 Å². The van der Waals surface area contributed by atoms with Gasteiger partial charge in [-0.2, -0.15) is 0 Å². The first-order chi connectivity index (χ1) is 6.75. The lowest BCUT2D eigenvalue weighted by Gasteiger charge is -2.36. The zero-order valence-corrected chi connectivity index (χ0v) is 11.0.